The molecular weight excluding hydrogens is 475 g/mol. The Balaban J connectivity index is 1.92. The van der Waals surface area contributed by atoms with Gasteiger partial charge >= 0.3 is 6.18 Å². The number of rotatable bonds is 7. The van der Waals surface area contributed by atoms with Gasteiger partial charge in [-0.25, -0.2) is 18.4 Å². The van der Waals surface area contributed by atoms with Crippen molar-refractivity contribution in [1.82, 2.24) is 15.0 Å². The zero-order valence-corrected chi connectivity index (χ0v) is 18.6. The monoisotopic (exact) mass is 493 g/mol. The van der Waals surface area contributed by atoms with Crippen LogP contribution in [-0.2, 0) is 22.7 Å². The third-order valence-electron chi connectivity index (χ3n) is 4.58. The number of phenolic OH excluding ortho intramolecular Hbond substituents is 1. The van der Waals surface area contributed by atoms with E-state index in [4.69, 9.17) is 5.26 Å². The predicted molar refractivity (Wildman–Crippen MR) is 118 cm³/mol. The van der Waals surface area contributed by atoms with Gasteiger partial charge in [0.15, 0.2) is 0 Å². The van der Waals surface area contributed by atoms with E-state index in [9.17, 15) is 26.7 Å². The second kappa shape index (κ2) is 9.40. The molecule has 14 heteroatoms. The Hall–Kier alpha value is -4.12. The average molecular weight is 493 g/mol. The number of anilines is 4. The summed E-state index contributed by atoms with van der Waals surface area (Å²) >= 11 is 0. The molecule has 34 heavy (non-hydrogen) atoms. The summed E-state index contributed by atoms with van der Waals surface area (Å²) in [4.78, 5) is 11.6. The fraction of sp³-hybridized carbons (Fsp3) is 0.200. The maximum Gasteiger partial charge on any atom is 0.421 e. The minimum Gasteiger partial charge on any atom is -0.506 e. The minimum absolute atomic E-state index is 0.0209. The number of hydrogen-bond donors (Lipinski definition) is 3. The summed E-state index contributed by atoms with van der Waals surface area (Å²) in [6.07, 6.45) is -1.84. The lowest BCUT2D eigenvalue weighted by molar-refractivity contribution is -0.137. The largest absolute Gasteiger partial charge is 0.506 e. The molecule has 3 aromatic rings. The van der Waals surface area contributed by atoms with E-state index < -0.39 is 27.6 Å². The molecule has 2 heterocycles. The summed E-state index contributed by atoms with van der Waals surface area (Å²) in [6.45, 7) is -0.222. The number of pyridine rings is 1. The van der Waals surface area contributed by atoms with Gasteiger partial charge in [-0.3, -0.25) is 4.31 Å². The smallest absolute Gasteiger partial charge is 0.421 e. The molecule has 3 rings (SSSR count). The summed E-state index contributed by atoms with van der Waals surface area (Å²) in [5, 5.41) is 23.9. The number of hydrogen-bond acceptors (Lipinski definition) is 9. The first kappa shape index (κ1) is 24.5. The molecule has 0 amide bonds. The number of halogens is 3. The van der Waals surface area contributed by atoms with E-state index in [2.05, 4.69) is 25.6 Å². The highest BCUT2D eigenvalue weighted by atomic mass is 32.2. The van der Waals surface area contributed by atoms with Crippen LogP contribution < -0.4 is 14.9 Å². The van der Waals surface area contributed by atoms with E-state index in [0.29, 0.717) is 11.8 Å². The van der Waals surface area contributed by atoms with Crippen molar-refractivity contribution in [3.05, 3.63) is 59.4 Å². The molecule has 10 nitrogen and oxygen atoms in total. The van der Waals surface area contributed by atoms with Gasteiger partial charge < -0.3 is 15.7 Å². The zero-order valence-electron chi connectivity index (χ0n) is 17.8. The summed E-state index contributed by atoms with van der Waals surface area (Å²) < 4.78 is 65.3. The number of sulfonamides is 1. The summed E-state index contributed by atoms with van der Waals surface area (Å²) in [6, 6.07) is 8.77. The predicted octanol–water partition coefficient (Wildman–Crippen LogP) is 3.22. The standard InChI is InChI=1S/C20H18F3N7O3S/c1-30(34(2,32)33)18-13(4-3-7-25-18)10-26-17-15(20(21,22)23)11-27-19(29-17)28-14-6-5-12(9-24)16(31)8-14/h3-8,11,31H,10H2,1-2H3,(H2,26,27,28,29). The van der Waals surface area contributed by atoms with Crippen LogP contribution in [-0.4, -0.2) is 41.8 Å². The van der Waals surface area contributed by atoms with Gasteiger partial charge in [0, 0.05) is 43.3 Å². The lowest BCUT2D eigenvalue weighted by atomic mass is 10.2. The minimum atomic E-state index is -4.77. The van der Waals surface area contributed by atoms with Crippen molar-refractivity contribution in [3.8, 4) is 11.8 Å². The van der Waals surface area contributed by atoms with Crippen LogP contribution in [0.2, 0.25) is 0 Å². The second-order valence-electron chi connectivity index (χ2n) is 6.99. The molecular formula is C20H18F3N7O3S. The highest BCUT2D eigenvalue weighted by Gasteiger charge is 2.35. The van der Waals surface area contributed by atoms with E-state index in [-0.39, 0.29) is 35.3 Å². The number of alkyl halides is 3. The van der Waals surface area contributed by atoms with Crippen LogP contribution >= 0.6 is 0 Å². The first-order valence-electron chi connectivity index (χ1n) is 9.46. The Bertz CT molecular complexity index is 1360. The van der Waals surface area contributed by atoms with Crippen LogP contribution in [0.25, 0.3) is 0 Å². The van der Waals surface area contributed by atoms with Gasteiger partial charge in [0.1, 0.15) is 29.0 Å². The number of phenols is 1. The van der Waals surface area contributed by atoms with E-state index in [0.717, 1.165) is 10.6 Å². The van der Waals surface area contributed by atoms with Gasteiger partial charge in [-0.2, -0.15) is 23.4 Å². The lowest BCUT2D eigenvalue weighted by Gasteiger charge is -2.20. The van der Waals surface area contributed by atoms with Crippen molar-refractivity contribution in [2.45, 2.75) is 12.7 Å². The molecule has 0 aliphatic rings. The van der Waals surface area contributed by atoms with E-state index in [1.54, 1.807) is 6.07 Å². The molecule has 0 aliphatic heterocycles. The van der Waals surface area contributed by atoms with Crippen molar-refractivity contribution < 1.29 is 26.7 Å². The number of nitrogens with zero attached hydrogens (tertiary/aromatic N) is 5. The first-order valence-corrected chi connectivity index (χ1v) is 11.3. The fourth-order valence-corrected chi connectivity index (χ4v) is 3.28. The van der Waals surface area contributed by atoms with Crippen molar-refractivity contribution in [3.63, 3.8) is 0 Å². The van der Waals surface area contributed by atoms with Crippen LogP contribution in [0.5, 0.6) is 5.75 Å². The van der Waals surface area contributed by atoms with E-state index in [1.165, 1.54) is 43.6 Å². The van der Waals surface area contributed by atoms with Crippen molar-refractivity contribution in [1.29, 1.82) is 5.26 Å². The molecule has 1 aromatic carbocycles. The summed E-state index contributed by atoms with van der Waals surface area (Å²) in [5.74, 6) is -1.04. The van der Waals surface area contributed by atoms with Crippen LogP contribution in [0.4, 0.5) is 36.4 Å². The molecule has 3 N–H and O–H groups in total. The maximum atomic E-state index is 13.5. The first-order chi connectivity index (χ1) is 15.9. The zero-order chi connectivity index (χ0) is 25.1. The summed E-state index contributed by atoms with van der Waals surface area (Å²) in [5.41, 5.74) is -0.560. The van der Waals surface area contributed by atoms with Crippen LogP contribution in [0.15, 0.2) is 42.7 Å². The molecule has 0 spiro atoms. The number of aromatic nitrogens is 3. The third-order valence-corrected chi connectivity index (χ3v) is 5.75. The third kappa shape index (κ3) is 5.62. The molecule has 2 aromatic heterocycles. The highest BCUT2D eigenvalue weighted by molar-refractivity contribution is 7.92. The van der Waals surface area contributed by atoms with Crippen LogP contribution in [0, 0.1) is 11.3 Å². The van der Waals surface area contributed by atoms with Gasteiger partial charge in [0.25, 0.3) is 0 Å². The Morgan fingerprint density at radius 3 is 2.59 bits per heavy atom. The Morgan fingerprint density at radius 1 is 1.24 bits per heavy atom. The number of benzene rings is 1. The van der Waals surface area contributed by atoms with Crippen molar-refractivity contribution in [2.75, 3.05) is 28.2 Å². The Morgan fingerprint density at radius 2 is 1.97 bits per heavy atom. The molecule has 0 atom stereocenters. The molecule has 0 aliphatic carbocycles. The van der Waals surface area contributed by atoms with Crippen molar-refractivity contribution >= 4 is 33.3 Å². The van der Waals surface area contributed by atoms with Gasteiger partial charge in [0.2, 0.25) is 16.0 Å². The molecule has 178 valence electrons. The second-order valence-corrected chi connectivity index (χ2v) is 9.01. The summed E-state index contributed by atoms with van der Waals surface area (Å²) in [7, 11) is -2.38. The van der Waals surface area contributed by atoms with E-state index >= 15 is 0 Å². The van der Waals surface area contributed by atoms with Gasteiger partial charge in [-0.15, -0.1) is 0 Å². The highest BCUT2D eigenvalue weighted by Crippen LogP contribution is 2.35. The molecule has 0 saturated carbocycles. The Labute approximate surface area is 192 Å². The van der Waals surface area contributed by atoms with Gasteiger partial charge in [-0.1, -0.05) is 6.07 Å². The molecule has 0 fully saturated rings. The van der Waals surface area contributed by atoms with Crippen LogP contribution in [0.3, 0.4) is 0 Å². The molecule has 0 saturated heterocycles. The topological polar surface area (TPSA) is 144 Å². The lowest BCUT2D eigenvalue weighted by Crippen LogP contribution is -2.27. The Kier molecular flexibility index (Phi) is 6.78. The fourth-order valence-electron chi connectivity index (χ4n) is 2.81. The van der Waals surface area contributed by atoms with E-state index in [1.807, 2.05) is 0 Å². The normalized spacial score (nSPS) is 11.5. The number of aromatic hydroxyl groups is 1. The quantitative estimate of drug-likeness (QED) is 0.452. The van der Waals surface area contributed by atoms with Crippen LogP contribution in [0.1, 0.15) is 16.7 Å². The van der Waals surface area contributed by atoms with Gasteiger partial charge in [0.05, 0.1) is 11.8 Å². The molecule has 0 bridgehead atoms. The number of nitrogens with one attached hydrogen (secondary N) is 2. The van der Waals surface area contributed by atoms with Crippen molar-refractivity contribution in [2.24, 2.45) is 0 Å². The molecule has 0 unspecified atom stereocenters. The average Bonchev–Trinajstić information content (AvgIpc) is 2.76. The number of nitriles is 1. The molecule has 0 radical (unpaired) electrons. The maximum absolute atomic E-state index is 13.5. The SMILES string of the molecule is CN(c1ncccc1CNc1nc(Nc2ccc(C#N)c(O)c2)ncc1C(F)(F)F)S(C)(=O)=O. The van der Waals surface area contributed by atoms with Gasteiger partial charge in [-0.05, 0) is 18.2 Å².